The highest BCUT2D eigenvalue weighted by molar-refractivity contribution is 5.89. The highest BCUT2D eigenvalue weighted by Crippen LogP contribution is 2.73. The lowest BCUT2D eigenvalue weighted by Gasteiger charge is -2.64. The number of para-hydroxylation sites is 2. The van der Waals surface area contributed by atoms with Crippen molar-refractivity contribution in [3.05, 3.63) is 77.2 Å². The predicted octanol–water partition coefficient (Wildman–Crippen LogP) is 5.66. The van der Waals surface area contributed by atoms with Gasteiger partial charge in [-0.25, -0.2) is 4.79 Å². The minimum Gasteiger partial charge on any atom is -0.497 e. The number of piperidine rings is 1. The number of nitrogens with zero attached hydrogens (tertiary/aromatic N) is 2. The van der Waals surface area contributed by atoms with Gasteiger partial charge in [-0.15, -0.1) is 0 Å². The predicted molar refractivity (Wildman–Crippen MR) is 202 cm³/mol. The number of hydrogen-bond donors (Lipinski definition) is 4. The fourth-order valence-corrected chi connectivity index (χ4v) is 14.5. The smallest absolute Gasteiger partial charge is 0.337 e. The number of nitrogens with one attached hydrogen (secondary N) is 2. The molecule has 3 saturated carbocycles. The summed E-state index contributed by atoms with van der Waals surface area (Å²) in [6.07, 6.45) is 4.46. The molecule has 8 aliphatic rings. The van der Waals surface area contributed by atoms with Crippen LogP contribution in [0.1, 0.15) is 81.2 Å². The molecule has 3 aliphatic carbocycles. The molecule has 53 heavy (non-hydrogen) atoms. The van der Waals surface area contributed by atoms with E-state index in [1.54, 1.807) is 6.26 Å². The maximum absolute atomic E-state index is 13.0. The zero-order valence-electron chi connectivity index (χ0n) is 31.3. The topological polar surface area (TPSA) is 110 Å². The Morgan fingerprint density at radius 3 is 2.68 bits per heavy atom. The quantitative estimate of drug-likeness (QED) is 0.256. The van der Waals surface area contributed by atoms with Crippen LogP contribution in [0.2, 0.25) is 0 Å². The van der Waals surface area contributed by atoms with Gasteiger partial charge in [-0.3, -0.25) is 10.2 Å². The van der Waals surface area contributed by atoms with E-state index < -0.39 is 12.3 Å². The molecule has 0 radical (unpaired) electrons. The molecule has 2 saturated heterocycles. The van der Waals surface area contributed by atoms with Crippen LogP contribution < -0.4 is 10.2 Å². The van der Waals surface area contributed by atoms with Crippen molar-refractivity contribution in [2.75, 3.05) is 31.6 Å². The third-order valence-electron chi connectivity index (χ3n) is 16.6. The summed E-state index contributed by atoms with van der Waals surface area (Å²) < 4.78 is 11.3. The first-order chi connectivity index (χ1) is 25.7. The number of carbonyl (C=O) groups is 1. The summed E-state index contributed by atoms with van der Waals surface area (Å²) in [4.78, 5) is 22.4. The number of methoxy groups -OCH3 is 1. The summed E-state index contributed by atoms with van der Waals surface area (Å²) in [6.45, 7) is 9.52. The second kappa shape index (κ2) is 11.6. The number of hydrogen-bond acceptors (Lipinski definition) is 8. The van der Waals surface area contributed by atoms with E-state index in [0.29, 0.717) is 41.7 Å². The number of aliphatic hydroxyl groups excluding tert-OH is 2. The van der Waals surface area contributed by atoms with Gasteiger partial charge in [-0.05, 0) is 79.5 Å². The standard InChI is InChI=1S/C44H54N4O5/c1-5-23-27-14-28-37(27)39-32(46-42(23)50)16-35(49)44(39,3)38-25-11-7-9-13-33(25)48(41(28)38)18-22-17-47-19-29-21(2)53-20-30(43(51)52-4)26(29)15-34(47)40-36(22)24-10-6-8-12-31(24)45-40/h6-13,20-23,26-29,32,34-35,37-39,41-42,45-46,49-50H,5,14-19H2,1-4H3. The van der Waals surface area contributed by atoms with Crippen molar-refractivity contribution in [2.24, 2.45) is 46.8 Å². The summed E-state index contributed by atoms with van der Waals surface area (Å²) in [5.74, 6) is 2.63. The molecular weight excluding hydrogens is 665 g/mol. The molecule has 9 heteroatoms. The Kier molecular flexibility index (Phi) is 7.21. The van der Waals surface area contributed by atoms with Gasteiger partial charge >= 0.3 is 5.97 Å². The molecule has 6 heterocycles. The van der Waals surface area contributed by atoms with E-state index in [-0.39, 0.29) is 59.2 Å². The molecule has 16 atom stereocenters. The normalized spacial score (nSPS) is 44.6. The fourth-order valence-electron chi connectivity index (χ4n) is 14.5. The number of ether oxygens (including phenoxy) is 2. The van der Waals surface area contributed by atoms with E-state index >= 15 is 0 Å². The van der Waals surface area contributed by atoms with Crippen molar-refractivity contribution in [1.82, 2.24) is 15.2 Å². The van der Waals surface area contributed by atoms with Crippen molar-refractivity contribution in [3.8, 4) is 0 Å². The number of aromatic nitrogens is 1. The lowest BCUT2D eigenvalue weighted by atomic mass is 9.42. The Hall–Kier alpha value is -3.37. The third-order valence-corrected chi connectivity index (χ3v) is 16.6. The Morgan fingerprint density at radius 1 is 1.04 bits per heavy atom. The van der Waals surface area contributed by atoms with Crippen molar-refractivity contribution >= 4 is 22.6 Å². The molecule has 5 aliphatic heterocycles. The number of aromatic amines is 1. The van der Waals surface area contributed by atoms with Gasteiger partial charge in [-0.1, -0.05) is 50.2 Å². The summed E-state index contributed by atoms with van der Waals surface area (Å²) in [5, 5.41) is 28.6. The van der Waals surface area contributed by atoms with Crippen LogP contribution in [0.3, 0.4) is 0 Å². The molecule has 16 unspecified atom stereocenters. The first-order valence-corrected chi connectivity index (χ1v) is 20.5. The van der Waals surface area contributed by atoms with Crippen LogP contribution >= 0.6 is 0 Å². The molecule has 11 rings (SSSR count). The number of H-pyrrole nitrogens is 1. The van der Waals surface area contributed by atoms with Gasteiger partial charge in [0.15, 0.2) is 0 Å². The number of anilines is 1. The van der Waals surface area contributed by atoms with Crippen molar-refractivity contribution in [2.45, 2.75) is 94.9 Å². The Balaban J connectivity index is 1.01. The van der Waals surface area contributed by atoms with E-state index in [1.165, 1.54) is 40.5 Å². The molecule has 4 N–H and O–H groups in total. The van der Waals surface area contributed by atoms with Gasteiger partial charge in [0, 0.05) is 89.0 Å². The molecular formula is C44H54N4O5. The molecule has 0 spiro atoms. The van der Waals surface area contributed by atoms with Crippen LogP contribution in [-0.2, 0) is 14.3 Å². The minimum atomic E-state index is -0.504. The number of aliphatic hydroxyl groups is 2. The minimum absolute atomic E-state index is 0.0202. The maximum atomic E-state index is 13.0. The van der Waals surface area contributed by atoms with Crippen LogP contribution in [0.15, 0.2) is 60.4 Å². The lowest BCUT2D eigenvalue weighted by molar-refractivity contribution is -0.143. The van der Waals surface area contributed by atoms with Gasteiger partial charge in [0.05, 0.1) is 37.2 Å². The lowest BCUT2D eigenvalue weighted by Crippen LogP contribution is -2.65. The Labute approximate surface area is 312 Å². The van der Waals surface area contributed by atoms with Gasteiger partial charge < -0.3 is 29.6 Å². The van der Waals surface area contributed by atoms with Crippen LogP contribution in [0, 0.1) is 46.8 Å². The zero-order valence-corrected chi connectivity index (χ0v) is 31.3. The number of rotatable bonds is 4. The van der Waals surface area contributed by atoms with Gasteiger partial charge in [-0.2, -0.15) is 0 Å². The van der Waals surface area contributed by atoms with E-state index in [9.17, 15) is 15.0 Å². The Bertz CT molecular complexity index is 2010. The summed E-state index contributed by atoms with van der Waals surface area (Å²) in [6, 6.07) is 18.6. The van der Waals surface area contributed by atoms with E-state index in [1.807, 2.05) is 0 Å². The van der Waals surface area contributed by atoms with Gasteiger partial charge in [0.1, 0.15) is 6.23 Å². The van der Waals surface area contributed by atoms with Crippen LogP contribution in [0.5, 0.6) is 0 Å². The average molecular weight is 719 g/mol. The molecule has 280 valence electrons. The van der Waals surface area contributed by atoms with Crippen LogP contribution in [0.25, 0.3) is 10.9 Å². The molecule has 9 nitrogen and oxygen atoms in total. The van der Waals surface area contributed by atoms with Crippen molar-refractivity contribution in [1.29, 1.82) is 0 Å². The Morgan fingerprint density at radius 2 is 1.85 bits per heavy atom. The van der Waals surface area contributed by atoms with Crippen LogP contribution in [0.4, 0.5) is 5.69 Å². The first-order valence-electron chi connectivity index (χ1n) is 20.5. The number of esters is 1. The van der Waals surface area contributed by atoms with Crippen molar-refractivity contribution < 1.29 is 24.5 Å². The second-order valence-electron chi connectivity index (χ2n) is 18.3. The monoisotopic (exact) mass is 718 g/mol. The van der Waals surface area contributed by atoms with Crippen LogP contribution in [-0.4, -0.2) is 83.3 Å². The summed E-state index contributed by atoms with van der Waals surface area (Å²) in [5.41, 5.74) is 7.07. The number of carbonyl (C=O) groups excluding carboxylic acids is 1. The second-order valence-corrected chi connectivity index (χ2v) is 18.3. The fraction of sp³-hybridized carbons (Fsp3) is 0.614. The molecule has 0 amide bonds. The third kappa shape index (κ3) is 4.26. The molecule has 0 bridgehead atoms. The highest BCUT2D eigenvalue weighted by Gasteiger charge is 2.73. The average Bonchev–Trinajstić information content (AvgIpc) is 3.75. The number of fused-ring (bicyclic) bond motifs is 11. The highest BCUT2D eigenvalue weighted by atomic mass is 16.5. The van der Waals surface area contributed by atoms with E-state index in [2.05, 4.69) is 89.4 Å². The van der Waals surface area contributed by atoms with E-state index in [0.717, 1.165) is 38.9 Å². The first kappa shape index (κ1) is 33.0. The molecule has 2 aromatic carbocycles. The molecule has 3 aromatic rings. The van der Waals surface area contributed by atoms with Crippen molar-refractivity contribution in [3.63, 3.8) is 0 Å². The zero-order chi connectivity index (χ0) is 36.1. The largest absolute Gasteiger partial charge is 0.497 e. The summed E-state index contributed by atoms with van der Waals surface area (Å²) >= 11 is 0. The number of benzene rings is 2. The summed E-state index contributed by atoms with van der Waals surface area (Å²) in [7, 11) is 1.47. The SMILES string of the molecule is CCC1C(O)NC2CC(O)C3(C)C4c5ccccc5N(CC5CN6CC7C(C)OC=C(C(=O)OC)C7CC6c6[nH]c7ccccc7c65)C4C4CC1C4C23. The molecule has 5 fully saturated rings. The van der Waals surface area contributed by atoms with Gasteiger partial charge in [0.2, 0.25) is 0 Å². The van der Waals surface area contributed by atoms with E-state index in [4.69, 9.17) is 9.47 Å². The maximum Gasteiger partial charge on any atom is 0.337 e. The van der Waals surface area contributed by atoms with Gasteiger partial charge in [0.25, 0.3) is 0 Å². The molecule has 1 aromatic heterocycles.